The smallest absolute Gasteiger partial charge is 0.166 e. The predicted octanol–water partition coefficient (Wildman–Crippen LogP) is 4.08. The van der Waals surface area contributed by atoms with Gasteiger partial charge in [-0.3, -0.25) is 4.79 Å². The van der Waals surface area contributed by atoms with E-state index < -0.39 is 0 Å². The molecule has 1 aromatic carbocycles. The maximum absolute atomic E-state index is 11.7. The van der Waals surface area contributed by atoms with Crippen molar-refractivity contribution < 1.29 is 9.53 Å². The van der Waals surface area contributed by atoms with Gasteiger partial charge in [0.2, 0.25) is 0 Å². The quantitative estimate of drug-likeness (QED) is 0.762. The second-order valence-corrected chi connectivity index (χ2v) is 5.04. The fourth-order valence-corrected chi connectivity index (χ4v) is 1.65. The van der Waals surface area contributed by atoms with E-state index >= 15 is 0 Å². The molecule has 0 spiro atoms. The van der Waals surface area contributed by atoms with E-state index in [1.807, 2.05) is 25.1 Å². The van der Waals surface area contributed by atoms with Crippen LogP contribution in [-0.4, -0.2) is 12.4 Å². The van der Waals surface area contributed by atoms with Crippen molar-refractivity contribution in [2.45, 2.75) is 27.2 Å². The Hall–Kier alpha value is -0.830. The lowest BCUT2D eigenvalue weighted by atomic mass is 10.1. The normalized spacial score (nSPS) is 10.6. The molecule has 3 heteroatoms. The Balaban J connectivity index is 2.93. The topological polar surface area (TPSA) is 26.3 Å². The number of halogens is 1. The first-order valence-electron chi connectivity index (χ1n) is 5.50. The van der Waals surface area contributed by atoms with Gasteiger partial charge in [-0.05, 0) is 24.1 Å². The zero-order chi connectivity index (χ0) is 12.1. The minimum Gasteiger partial charge on any atom is -0.493 e. The predicted molar refractivity (Wildman–Crippen MR) is 69.1 cm³/mol. The molecule has 16 heavy (non-hydrogen) atoms. The molecule has 0 saturated heterocycles. The number of benzene rings is 1. The van der Waals surface area contributed by atoms with Crippen molar-refractivity contribution in [3.05, 3.63) is 28.2 Å². The van der Waals surface area contributed by atoms with Crippen molar-refractivity contribution in [2.24, 2.45) is 5.92 Å². The van der Waals surface area contributed by atoms with Gasteiger partial charge in [-0.15, -0.1) is 0 Å². The van der Waals surface area contributed by atoms with Crippen LogP contribution in [0.2, 0.25) is 0 Å². The first kappa shape index (κ1) is 13.2. The van der Waals surface area contributed by atoms with Crippen LogP contribution in [0.15, 0.2) is 22.7 Å². The van der Waals surface area contributed by atoms with Crippen LogP contribution in [0, 0.1) is 5.92 Å². The third kappa shape index (κ3) is 3.63. The van der Waals surface area contributed by atoms with Crippen LogP contribution in [0.3, 0.4) is 0 Å². The van der Waals surface area contributed by atoms with Gasteiger partial charge >= 0.3 is 0 Å². The van der Waals surface area contributed by atoms with E-state index in [1.165, 1.54) is 0 Å². The summed E-state index contributed by atoms with van der Waals surface area (Å²) in [5.41, 5.74) is 0.664. The molecule has 0 saturated carbocycles. The van der Waals surface area contributed by atoms with Gasteiger partial charge in [0, 0.05) is 10.9 Å². The Morgan fingerprint density at radius 1 is 1.44 bits per heavy atom. The molecule has 2 nitrogen and oxygen atoms in total. The number of rotatable bonds is 5. The summed E-state index contributed by atoms with van der Waals surface area (Å²) < 4.78 is 6.54. The van der Waals surface area contributed by atoms with Gasteiger partial charge < -0.3 is 4.74 Å². The van der Waals surface area contributed by atoms with Crippen molar-refractivity contribution in [1.82, 2.24) is 0 Å². The summed E-state index contributed by atoms with van der Waals surface area (Å²) in [6.07, 6.45) is 0.495. The Kier molecular flexibility index (Phi) is 5.00. The summed E-state index contributed by atoms with van der Waals surface area (Å²) in [5.74, 6) is 1.25. The second-order valence-electron chi connectivity index (χ2n) is 4.12. The van der Waals surface area contributed by atoms with Crippen molar-refractivity contribution in [3.63, 3.8) is 0 Å². The van der Waals surface area contributed by atoms with E-state index in [1.54, 1.807) is 0 Å². The standard InChI is InChI=1S/C13H17BrO2/c1-4-12(15)11-7-10(14)5-6-13(11)16-8-9(2)3/h5-7,9H,4,8H2,1-3H3. The molecule has 0 radical (unpaired) electrons. The maximum Gasteiger partial charge on any atom is 0.166 e. The van der Waals surface area contributed by atoms with E-state index in [0.29, 0.717) is 30.3 Å². The van der Waals surface area contributed by atoms with E-state index in [9.17, 15) is 4.79 Å². The summed E-state index contributed by atoms with van der Waals surface area (Å²) >= 11 is 3.37. The number of hydrogen-bond acceptors (Lipinski definition) is 2. The highest BCUT2D eigenvalue weighted by molar-refractivity contribution is 9.10. The summed E-state index contributed by atoms with van der Waals surface area (Å²) in [6, 6.07) is 5.55. The molecule has 0 fully saturated rings. The van der Waals surface area contributed by atoms with Crippen LogP contribution in [0.5, 0.6) is 5.75 Å². The molecule has 0 aliphatic carbocycles. The molecule has 0 aliphatic heterocycles. The molecule has 0 unspecified atom stereocenters. The fourth-order valence-electron chi connectivity index (χ4n) is 1.29. The van der Waals surface area contributed by atoms with Gasteiger partial charge in [0.25, 0.3) is 0 Å². The molecular formula is C13H17BrO2. The zero-order valence-corrected chi connectivity index (χ0v) is 11.5. The van der Waals surface area contributed by atoms with Gasteiger partial charge in [0.1, 0.15) is 5.75 Å². The second kappa shape index (κ2) is 6.04. The van der Waals surface area contributed by atoms with E-state index in [-0.39, 0.29) is 5.78 Å². The van der Waals surface area contributed by atoms with Crippen molar-refractivity contribution in [3.8, 4) is 5.75 Å². The SMILES string of the molecule is CCC(=O)c1cc(Br)ccc1OCC(C)C. The lowest BCUT2D eigenvalue weighted by Gasteiger charge is -2.12. The van der Waals surface area contributed by atoms with Crippen LogP contribution in [0.25, 0.3) is 0 Å². The lowest BCUT2D eigenvalue weighted by molar-refractivity contribution is 0.0983. The molecule has 1 aromatic rings. The molecule has 0 N–H and O–H groups in total. The average molecular weight is 285 g/mol. The van der Waals surface area contributed by atoms with Crippen molar-refractivity contribution in [1.29, 1.82) is 0 Å². The maximum atomic E-state index is 11.7. The Bertz CT molecular complexity index is 372. The minimum atomic E-state index is 0.111. The molecule has 0 bridgehead atoms. The molecular weight excluding hydrogens is 268 g/mol. The number of ether oxygens (including phenoxy) is 1. The molecule has 0 heterocycles. The summed E-state index contributed by atoms with van der Waals surface area (Å²) in [5, 5.41) is 0. The third-order valence-corrected chi connectivity index (χ3v) is 2.63. The van der Waals surface area contributed by atoms with Crippen LogP contribution >= 0.6 is 15.9 Å². The van der Waals surface area contributed by atoms with Crippen LogP contribution in [0.1, 0.15) is 37.6 Å². The van der Waals surface area contributed by atoms with Gasteiger partial charge in [0.15, 0.2) is 5.78 Å². The van der Waals surface area contributed by atoms with E-state index in [4.69, 9.17) is 4.74 Å². The molecule has 0 atom stereocenters. The Morgan fingerprint density at radius 2 is 2.12 bits per heavy atom. The number of ketones is 1. The number of carbonyl (C=O) groups is 1. The highest BCUT2D eigenvalue weighted by Gasteiger charge is 2.11. The monoisotopic (exact) mass is 284 g/mol. The van der Waals surface area contributed by atoms with E-state index in [2.05, 4.69) is 29.8 Å². The summed E-state index contributed by atoms with van der Waals surface area (Å²) in [4.78, 5) is 11.7. The zero-order valence-electron chi connectivity index (χ0n) is 9.92. The molecule has 0 aliphatic rings. The number of carbonyl (C=O) groups excluding carboxylic acids is 1. The minimum absolute atomic E-state index is 0.111. The van der Waals surface area contributed by atoms with Gasteiger partial charge in [0.05, 0.1) is 12.2 Å². The van der Waals surface area contributed by atoms with Gasteiger partial charge in [-0.25, -0.2) is 0 Å². The van der Waals surface area contributed by atoms with Gasteiger partial charge in [-0.1, -0.05) is 36.7 Å². The Morgan fingerprint density at radius 3 is 2.69 bits per heavy atom. The van der Waals surface area contributed by atoms with Crippen LogP contribution in [-0.2, 0) is 0 Å². The summed E-state index contributed by atoms with van der Waals surface area (Å²) in [6.45, 7) is 6.65. The molecule has 0 aromatic heterocycles. The molecule has 1 rings (SSSR count). The lowest BCUT2D eigenvalue weighted by Crippen LogP contribution is -2.08. The van der Waals surface area contributed by atoms with Gasteiger partial charge in [-0.2, -0.15) is 0 Å². The van der Waals surface area contributed by atoms with Crippen molar-refractivity contribution >= 4 is 21.7 Å². The Labute approximate surface area is 105 Å². The summed E-state index contributed by atoms with van der Waals surface area (Å²) in [7, 11) is 0. The van der Waals surface area contributed by atoms with Crippen LogP contribution in [0.4, 0.5) is 0 Å². The first-order chi connectivity index (χ1) is 7.54. The fraction of sp³-hybridized carbons (Fsp3) is 0.462. The largest absolute Gasteiger partial charge is 0.493 e. The molecule has 0 amide bonds. The van der Waals surface area contributed by atoms with E-state index in [0.717, 1.165) is 4.47 Å². The third-order valence-electron chi connectivity index (χ3n) is 2.14. The van der Waals surface area contributed by atoms with Crippen molar-refractivity contribution in [2.75, 3.05) is 6.61 Å². The highest BCUT2D eigenvalue weighted by Crippen LogP contribution is 2.25. The number of hydrogen-bond donors (Lipinski definition) is 0. The average Bonchev–Trinajstić information content (AvgIpc) is 2.26. The molecule has 88 valence electrons. The number of Topliss-reactive ketones (excluding diaryl/α,β-unsaturated/α-hetero) is 1. The highest BCUT2D eigenvalue weighted by atomic mass is 79.9. The first-order valence-corrected chi connectivity index (χ1v) is 6.29. The van der Waals surface area contributed by atoms with Crippen LogP contribution < -0.4 is 4.74 Å².